The number of hydrogen-bond donors (Lipinski definition) is 3. The maximum Gasteiger partial charge on any atom is 0.416 e. The van der Waals surface area contributed by atoms with Crippen molar-refractivity contribution in [2.75, 3.05) is 17.2 Å². The van der Waals surface area contributed by atoms with Gasteiger partial charge in [-0.2, -0.15) is 18.2 Å². The number of halogens is 4. The number of aryl methyl sites for hydroxylation is 1. The summed E-state index contributed by atoms with van der Waals surface area (Å²) in [7, 11) is 0. The first kappa shape index (κ1) is 19.2. The number of nitrogens with zero attached hydrogens (tertiary/aromatic N) is 3. The SMILES string of the molecule is Cc1cc(Nc2ncc(Br)c(NCCc3cnc[nH]3)n2)cc(C(F)(F)F)c1. The number of nitrogens with one attached hydrogen (secondary N) is 3. The second-order valence-electron chi connectivity index (χ2n) is 5.85. The van der Waals surface area contributed by atoms with Crippen LogP contribution in [0, 0.1) is 6.92 Å². The van der Waals surface area contributed by atoms with Crippen molar-refractivity contribution in [1.82, 2.24) is 19.9 Å². The molecule has 2 heterocycles. The molecule has 0 unspecified atom stereocenters. The van der Waals surface area contributed by atoms with Crippen LogP contribution < -0.4 is 10.6 Å². The zero-order valence-corrected chi connectivity index (χ0v) is 15.8. The molecule has 2 aromatic heterocycles. The number of alkyl halides is 3. The van der Waals surface area contributed by atoms with Crippen LogP contribution in [0.2, 0.25) is 0 Å². The lowest BCUT2D eigenvalue weighted by molar-refractivity contribution is -0.137. The molecule has 3 aromatic rings. The van der Waals surface area contributed by atoms with Crippen LogP contribution >= 0.6 is 15.9 Å². The van der Waals surface area contributed by atoms with Crippen LogP contribution in [0.15, 0.2) is 41.4 Å². The Kier molecular flexibility index (Phi) is 5.64. The lowest BCUT2D eigenvalue weighted by Crippen LogP contribution is -2.09. The van der Waals surface area contributed by atoms with Gasteiger partial charge in [0, 0.05) is 36.7 Å². The Hall–Kier alpha value is -2.62. The molecule has 6 nitrogen and oxygen atoms in total. The Balaban J connectivity index is 1.73. The molecule has 0 atom stereocenters. The van der Waals surface area contributed by atoms with E-state index in [0.29, 0.717) is 28.8 Å². The Morgan fingerprint density at radius 3 is 2.70 bits per heavy atom. The van der Waals surface area contributed by atoms with E-state index in [2.05, 4.69) is 46.5 Å². The maximum atomic E-state index is 13.0. The summed E-state index contributed by atoms with van der Waals surface area (Å²) >= 11 is 3.36. The number of aromatic amines is 1. The molecule has 3 rings (SSSR count). The minimum Gasteiger partial charge on any atom is -0.369 e. The highest BCUT2D eigenvalue weighted by atomic mass is 79.9. The fourth-order valence-corrected chi connectivity index (χ4v) is 2.77. The molecule has 0 aliphatic carbocycles. The highest BCUT2D eigenvalue weighted by Crippen LogP contribution is 2.32. The molecule has 3 N–H and O–H groups in total. The van der Waals surface area contributed by atoms with Crippen molar-refractivity contribution in [2.45, 2.75) is 19.5 Å². The molecular formula is C17H16BrF3N6. The van der Waals surface area contributed by atoms with E-state index < -0.39 is 11.7 Å². The third kappa shape index (κ3) is 5.19. The van der Waals surface area contributed by atoms with Crippen molar-refractivity contribution >= 4 is 33.4 Å². The first-order chi connectivity index (χ1) is 12.8. The molecule has 10 heteroatoms. The first-order valence-corrected chi connectivity index (χ1v) is 8.80. The van der Waals surface area contributed by atoms with Crippen molar-refractivity contribution < 1.29 is 13.2 Å². The van der Waals surface area contributed by atoms with E-state index in [4.69, 9.17) is 0 Å². The number of H-pyrrole nitrogens is 1. The zero-order chi connectivity index (χ0) is 19.4. The van der Waals surface area contributed by atoms with E-state index in [9.17, 15) is 13.2 Å². The monoisotopic (exact) mass is 440 g/mol. The molecule has 0 bridgehead atoms. The van der Waals surface area contributed by atoms with Gasteiger partial charge in [-0.05, 0) is 46.6 Å². The van der Waals surface area contributed by atoms with Gasteiger partial charge in [0.15, 0.2) is 0 Å². The van der Waals surface area contributed by atoms with E-state index in [0.717, 1.165) is 17.8 Å². The molecule has 0 fully saturated rings. The summed E-state index contributed by atoms with van der Waals surface area (Å²) < 4.78 is 39.6. The van der Waals surface area contributed by atoms with Crippen molar-refractivity contribution in [2.24, 2.45) is 0 Å². The molecule has 0 saturated heterocycles. The molecule has 0 saturated carbocycles. The van der Waals surface area contributed by atoms with Crippen LogP contribution in [0.1, 0.15) is 16.8 Å². The van der Waals surface area contributed by atoms with Gasteiger partial charge in [-0.15, -0.1) is 0 Å². The number of rotatable bonds is 6. The molecule has 0 amide bonds. The Labute approximate surface area is 161 Å². The second kappa shape index (κ2) is 7.95. The smallest absolute Gasteiger partial charge is 0.369 e. The van der Waals surface area contributed by atoms with Crippen molar-refractivity contribution in [3.8, 4) is 0 Å². The fraction of sp³-hybridized carbons (Fsp3) is 0.235. The Morgan fingerprint density at radius 2 is 2.00 bits per heavy atom. The quantitative estimate of drug-likeness (QED) is 0.518. The zero-order valence-electron chi connectivity index (χ0n) is 14.2. The standard InChI is InChI=1S/C17H16BrF3N6/c1-10-4-11(17(19,20)21)6-13(5-10)26-16-24-8-14(18)15(27-16)23-3-2-12-7-22-9-25-12/h4-9H,2-3H2,1H3,(H,22,25)(H2,23,24,26,27). The molecule has 0 spiro atoms. The fourth-order valence-electron chi connectivity index (χ4n) is 2.44. The summed E-state index contributed by atoms with van der Waals surface area (Å²) in [6.07, 6.45) is 1.18. The second-order valence-corrected chi connectivity index (χ2v) is 6.71. The van der Waals surface area contributed by atoms with Crippen molar-refractivity contribution in [3.63, 3.8) is 0 Å². The van der Waals surface area contributed by atoms with E-state index in [1.807, 2.05) is 0 Å². The average Bonchev–Trinajstić information content (AvgIpc) is 3.10. The van der Waals surface area contributed by atoms with Crippen LogP contribution in [0.25, 0.3) is 0 Å². The largest absolute Gasteiger partial charge is 0.416 e. The molecule has 0 aliphatic rings. The minimum atomic E-state index is -4.41. The summed E-state index contributed by atoms with van der Waals surface area (Å²) in [4.78, 5) is 15.4. The third-order valence-electron chi connectivity index (χ3n) is 3.65. The highest BCUT2D eigenvalue weighted by Gasteiger charge is 2.31. The topological polar surface area (TPSA) is 78.5 Å². The van der Waals surface area contributed by atoms with Gasteiger partial charge in [-0.3, -0.25) is 0 Å². The van der Waals surface area contributed by atoms with Crippen LogP contribution in [-0.2, 0) is 12.6 Å². The number of imidazole rings is 1. The molecule has 142 valence electrons. The molecule has 27 heavy (non-hydrogen) atoms. The van der Waals surface area contributed by atoms with Crippen molar-refractivity contribution in [1.29, 1.82) is 0 Å². The Morgan fingerprint density at radius 1 is 1.19 bits per heavy atom. The van der Waals surface area contributed by atoms with E-state index in [1.165, 1.54) is 6.20 Å². The molecular weight excluding hydrogens is 425 g/mol. The van der Waals surface area contributed by atoms with Gasteiger partial charge in [0.1, 0.15) is 5.82 Å². The van der Waals surface area contributed by atoms with Crippen LogP contribution in [0.5, 0.6) is 0 Å². The summed E-state index contributed by atoms with van der Waals surface area (Å²) in [5, 5.41) is 5.99. The molecule has 0 radical (unpaired) electrons. The van der Waals surface area contributed by atoms with Gasteiger partial charge in [0.2, 0.25) is 5.95 Å². The lowest BCUT2D eigenvalue weighted by atomic mass is 10.1. The number of hydrogen-bond acceptors (Lipinski definition) is 5. The van der Waals surface area contributed by atoms with Gasteiger partial charge in [0.25, 0.3) is 0 Å². The summed E-state index contributed by atoms with van der Waals surface area (Å²) in [6.45, 7) is 2.20. The van der Waals surface area contributed by atoms with Gasteiger partial charge in [-0.1, -0.05) is 0 Å². The third-order valence-corrected chi connectivity index (χ3v) is 4.23. The van der Waals surface area contributed by atoms with Crippen LogP contribution in [0.3, 0.4) is 0 Å². The molecule has 1 aromatic carbocycles. The normalized spacial score (nSPS) is 11.4. The van der Waals surface area contributed by atoms with Gasteiger partial charge < -0.3 is 15.6 Å². The summed E-state index contributed by atoms with van der Waals surface area (Å²) in [5.74, 6) is 0.733. The number of benzene rings is 1. The minimum absolute atomic E-state index is 0.195. The van der Waals surface area contributed by atoms with Crippen molar-refractivity contribution in [3.05, 3.63) is 58.2 Å². The van der Waals surface area contributed by atoms with E-state index in [1.54, 1.807) is 25.5 Å². The number of anilines is 3. The highest BCUT2D eigenvalue weighted by molar-refractivity contribution is 9.10. The lowest BCUT2D eigenvalue weighted by Gasteiger charge is -2.13. The Bertz CT molecular complexity index is 912. The van der Waals surface area contributed by atoms with Crippen LogP contribution in [-0.4, -0.2) is 26.5 Å². The first-order valence-electron chi connectivity index (χ1n) is 8.01. The van der Waals surface area contributed by atoms with Gasteiger partial charge in [0.05, 0.1) is 16.4 Å². The van der Waals surface area contributed by atoms with E-state index >= 15 is 0 Å². The van der Waals surface area contributed by atoms with Gasteiger partial charge >= 0.3 is 6.18 Å². The molecule has 0 aliphatic heterocycles. The van der Waals surface area contributed by atoms with Gasteiger partial charge in [-0.25, -0.2) is 9.97 Å². The predicted molar refractivity (Wildman–Crippen MR) is 100.0 cm³/mol. The van der Waals surface area contributed by atoms with Crippen LogP contribution in [0.4, 0.5) is 30.6 Å². The van der Waals surface area contributed by atoms with E-state index in [-0.39, 0.29) is 11.6 Å². The summed E-state index contributed by atoms with van der Waals surface area (Å²) in [5.41, 5.74) is 1.01. The summed E-state index contributed by atoms with van der Waals surface area (Å²) in [6, 6.07) is 3.73. The predicted octanol–water partition coefficient (Wildman–Crippen LogP) is 4.69. The maximum absolute atomic E-state index is 13.0. The average molecular weight is 441 g/mol. The number of aromatic nitrogens is 4.